The number of rotatable bonds is 8. The molecule has 0 amide bonds. The molecule has 0 heterocycles. The molecule has 28 heavy (non-hydrogen) atoms. The second-order valence-electron chi connectivity index (χ2n) is 6.04. The van der Waals surface area contributed by atoms with Crippen LogP contribution in [0.2, 0.25) is 0 Å². The van der Waals surface area contributed by atoms with Gasteiger partial charge in [0.2, 0.25) is 5.75 Å². The second-order valence-corrected chi connectivity index (χ2v) is 6.04. The fourth-order valence-electron chi connectivity index (χ4n) is 3.44. The number of allylic oxidation sites excluding steroid dienone is 1. The summed E-state index contributed by atoms with van der Waals surface area (Å²) < 4.78 is 10.7. The Morgan fingerprint density at radius 3 is 2.11 bits per heavy atom. The smallest absolute Gasteiger partial charge is 0.204 e. The zero-order chi connectivity index (χ0) is 20.8. The van der Waals surface area contributed by atoms with E-state index in [1.807, 2.05) is 13.8 Å². The molecule has 148 valence electrons. The fourth-order valence-corrected chi connectivity index (χ4v) is 3.44. The predicted octanol–water partition coefficient (Wildman–Crippen LogP) is 3.97. The van der Waals surface area contributed by atoms with Crippen LogP contribution in [0.4, 0.5) is 0 Å². The number of phenols is 1. The van der Waals surface area contributed by atoms with Gasteiger partial charge in [-0.15, -0.1) is 0 Å². The molecule has 2 aromatic rings. The molecule has 0 aromatic heterocycles. The van der Waals surface area contributed by atoms with Crippen molar-refractivity contribution in [2.75, 3.05) is 14.2 Å². The lowest BCUT2D eigenvalue weighted by atomic mass is 9.90. The number of carbonyl (C=O) groups is 2. The summed E-state index contributed by atoms with van der Waals surface area (Å²) in [6.07, 6.45) is 2.11. The van der Waals surface area contributed by atoms with Crippen molar-refractivity contribution < 1.29 is 29.3 Å². The van der Waals surface area contributed by atoms with E-state index in [0.717, 1.165) is 5.56 Å². The molecule has 6 heteroatoms. The third-order valence-corrected chi connectivity index (χ3v) is 4.70. The van der Waals surface area contributed by atoms with Crippen molar-refractivity contribution in [2.45, 2.75) is 26.7 Å². The zero-order valence-electron chi connectivity index (χ0n) is 16.4. The highest BCUT2D eigenvalue weighted by molar-refractivity contribution is 6.18. The number of carbonyl (C=O) groups excluding carboxylic acids is 2. The molecule has 0 spiro atoms. The van der Waals surface area contributed by atoms with E-state index in [2.05, 4.69) is 0 Å². The number of hydrogen-bond acceptors (Lipinski definition) is 6. The normalized spacial score (nSPS) is 11.6. The van der Waals surface area contributed by atoms with Crippen LogP contribution in [0.15, 0.2) is 24.3 Å². The summed E-state index contributed by atoms with van der Waals surface area (Å²) in [5.74, 6) is -0.285. The number of hydrogen-bond donors (Lipinski definition) is 2. The van der Waals surface area contributed by atoms with E-state index in [4.69, 9.17) is 9.47 Å². The Hall–Kier alpha value is -3.28. The van der Waals surface area contributed by atoms with Crippen LogP contribution in [0.1, 0.15) is 46.5 Å². The maximum atomic E-state index is 11.9. The van der Waals surface area contributed by atoms with Crippen LogP contribution in [0.5, 0.6) is 17.2 Å². The van der Waals surface area contributed by atoms with Crippen molar-refractivity contribution in [1.82, 2.24) is 0 Å². The van der Waals surface area contributed by atoms with Crippen molar-refractivity contribution >= 4 is 23.9 Å². The lowest BCUT2D eigenvalue weighted by Crippen LogP contribution is -2.07. The summed E-state index contributed by atoms with van der Waals surface area (Å²) in [5.41, 5.74) is 1.93. The summed E-state index contributed by atoms with van der Waals surface area (Å²) in [5, 5.41) is 21.9. The lowest BCUT2D eigenvalue weighted by Gasteiger charge is -2.22. The molecule has 6 nitrogen and oxygen atoms in total. The predicted molar refractivity (Wildman–Crippen MR) is 107 cm³/mol. The highest BCUT2D eigenvalue weighted by atomic mass is 16.5. The molecule has 0 saturated heterocycles. The molecule has 0 atom stereocenters. The van der Waals surface area contributed by atoms with E-state index < -0.39 is 5.76 Å². The van der Waals surface area contributed by atoms with Gasteiger partial charge < -0.3 is 19.7 Å². The number of aromatic hydroxyl groups is 1. The van der Waals surface area contributed by atoms with Gasteiger partial charge in [0.05, 0.1) is 25.4 Å². The van der Waals surface area contributed by atoms with Crippen molar-refractivity contribution in [3.05, 3.63) is 52.1 Å². The topological polar surface area (TPSA) is 93.1 Å². The Bertz CT molecular complexity index is 927. The maximum Gasteiger partial charge on any atom is 0.204 e. The number of ether oxygens (including phenoxy) is 2. The first-order valence-corrected chi connectivity index (χ1v) is 8.92. The van der Waals surface area contributed by atoms with Gasteiger partial charge in [-0.2, -0.15) is 0 Å². The van der Waals surface area contributed by atoms with Gasteiger partial charge in [0.1, 0.15) is 5.76 Å². The summed E-state index contributed by atoms with van der Waals surface area (Å²) >= 11 is 0. The van der Waals surface area contributed by atoms with Gasteiger partial charge in [-0.05, 0) is 24.0 Å². The number of phenolic OH excluding ortho intramolecular Hbond substituents is 1. The summed E-state index contributed by atoms with van der Waals surface area (Å²) in [7, 11) is 2.86. The summed E-state index contributed by atoms with van der Waals surface area (Å²) in [6.45, 7) is 3.79. The molecule has 2 aromatic carbocycles. The third kappa shape index (κ3) is 3.45. The van der Waals surface area contributed by atoms with Gasteiger partial charge in [-0.1, -0.05) is 38.1 Å². The minimum atomic E-state index is -0.422. The molecule has 0 unspecified atom stereocenters. The number of benzene rings is 2. The first kappa shape index (κ1) is 21.0. The number of aldehydes is 2. The van der Waals surface area contributed by atoms with Crippen LogP contribution in [0.3, 0.4) is 0 Å². The van der Waals surface area contributed by atoms with Crippen LogP contribution >= 0.6 is 0 Å². The van der Waals surface area contributed by atoms with Crippen LogP contribution in [-0.2, 0) is 17.6 Å². The van der Waals surface area contributed by atoms with Crippen LogP contribution in [0, 0.1) is 0 Å². The monoisotopic (exact) mass is 384 g/mol. The third-order valence-electron chi connectivity index (χ3n) is 4.70. The molecular weight excluding hydrogens is 360 g/mol. The number of aliphatic hydroxyl groups excluding tert-OH is 1. The Labute approximate surface area is 164 Å². The van der Waals surface area contributed by atoms with Gasteiger partial charge in [0.15, 0.2) is 24.1 Å². The van der Waals surface area contributed by atoms with Gasteiger partial charge in [-0.25, -0.2) is 0 Å². The van der Waals surface area contributed by atoms with Crippen molar-refractivity contribution in [1.29, 1.82) is 0 Å². The molecule has 0 bridgehead atoms. The summed E-state index contributed by atoms with van der Waals surface area (Å²) in [4.78, 5) is 23.2. The first-order valence-electron chi connectivity index (χ1n) is 8.92. The van der Waals surface area contributed by atoms with Crippen molar-refractivity contribution in [2.24, 2.45) is 0 Å². The van der Waals surface area contributed by atoms with Gasteiger partial charge in [0.25, 0.3) is 0 Å². The van der Waals surface area contributed by atoms with E-state index in [-0.39, 0.29) is 33.8 Å². The molecule has 2 rings (SSSR count). The van der Waals surface area contributed by atoms with E-state index in [9.17, 15) is 19.8 Å². The second kappa shape index (κ2) is 9.08. The highest BCUT2D eigenvalue weighted by Crippen LogP contribution is 2.48. The fraction of sp³-hybridized carbons (Fsp3) is 0.273. The molecule has 0 aliphatic rings. The van der Waals surface area contributed by atoms with Gasteiger partial charge in [0, 0.05) is 11.1 Å². The average molecular weight is 384 g/mol. The van der Waals surface area contributed by atoms with Crippen LogP contribution < -0.4 is 9.47 Å². The quantitative estimate of drug-likeness (QED) is 0.310. The maximum absolute atomic E-state index is 11.9. The molecule has 0 fully saturated rings. The molecule has 0 radical (unpaired) electrons. The molecular formula is C22H24O6. The van der Waals surface area contributed by atoms with E-state index >= 15 is 0 Å². The highest BCUT2D eigenvalue weighted by Gasteiger charge is 2.27. The SMILES string of the molecule is CCc1c(CC)c(C(O)=C(C=O)c2ccccc2C=O)c(O)c(OC)c1OC. The molecule has 0 saturated carbocycles. The van der Waals surface area contributed by atoms with E-state index in [1.54, 1.807) is 24.3 Å². The first-order chi connectivity index (χ1) is 13.5. The molecule has 0 aliphatic heterocycles. The van der Waals surface area contributed by atoms with Crippen LogP contribution in [-0.4, -0.2) is 37.0 Å². The number of aliphatic hydroxyl groups is 1. The van der Waals surface area contributed by atoms with Crippen molar-refractivity contribution in [3.8, 4) is 17.2 Å². The van der Waals surface area contributed by atoms with E-state index in [1.165, 1.54) is 14.2 Å². The van der Waals surface area contributed by atoms with Crippen molar-refractivity contribution in [3.63, 3.8) is 0 Å². The molecule has 0 aliphatic carbocycles. The average Bonchev–Trinajstić information content (AvgIpc) is 2.73. The largest absolute Gasteiger partial charge is 0.506 e. The molecule has 2 N–H and O–H groups in total. The van der Waals surface area contributed by atoms with Gasteiger partial charge in [-0.3, -0.25) is 9.59 Å². The standard InChI is InChI=1S/C22H24O6/c1-5-14-15(6-2)21(27-3)22(28-4)20(26)18(14)19(25)17(12-24)16-10-8-7-9-13(16)11-23/h7-12,25-26H,5-6H2,1-4H3. The number of methoxy groups -OCH3 is 2. The summed E-state index contributed by atoms with van der Waals surface area (Å²) in [6, 6.07) is 6.43. The Morgan fingerprint density at radius 2 is 1.61 bits per heavy atom. The Balaban J connectivity index is 2.97. The van der Waals surface area contributed by atoms with E-state index in [0.29, 0.717) is 36.7 Å². The Kier molecular flexibility index (Phi) is 6.82. The van der Waals surface area contributed by atoms with Gasteiger partial charge >= 0.3 is 0 Å². The zero-order valence-corrected chi connectivity index (χ0v) is 16.4. The Morgan fingerprint density at radius 1 is 1.00 bits per heavy atom. The minimum Gasteiger partial charge on any atom is -0.506 e. The lowest BCUT2D eigenvalue weighted by molar-refractivity contribution is -0.103. The van der Waals surface area contributed by atoms with Crippen LogP contribution in [0.25, 0.3) is 11.3 Å². The minimum absolute atomic E-state index is 0.0759.